The van der Waals surface area contributed by atoms with E-state index >= 15 is 0 Å². The zero-order chi connectivity index (χ0) is 12.1. The van der Waals surface area contributed by atoms with Crippen LogP contribution in [0.25, 0.3) is 0 Å². The van der Waals surface area contributed by atoms with Gasteiger partial charge in [0.2, 0.25) is 5.91 Å². The number of rotatable bonds is 4. The number of carbonyl (C=O) groups excluding carboxylic acids is 1. The van der Waals surface area contributed by atoms with Crippen molar-refractivity contribution in [2.24, 2.45) is 17.8 Å². The number of nitrogens with one attached hydrogen (secondary N) is 2. The fourth-order valence-corrected chi connectivity index (χ4v) is 2.60. The lowest BCUT2D eigenvalue weighted by atomic mass is 9.80. The summed E-state index contributed by atoms with van der Waals surface area (Å²) < 4.78 is 0. The molecular formula is C13H27ClN2O. The molecule has 1 saturated carbocycles. The van der Waals surface area contributed by atoms with Gasteiger partial charge in [0.15, 0.2) is 0 Å². The number of hydrogen-bond donors (Lipinski definition) is 2. The maximum absolute atomic E-state index is 11.9. The van der Waals surface area contributed by atoms with Gasteiger partial charge in [-0.1, -0.05) is 20.8 Å². The maximum atomic E-state index is 11.9. The van der Waals surface area contributed by atoms with Crippen molar-refractivity contribution in [2.45, 2.75) is 46.1 Å². The Labute approximate surface area is 112 Å². The second-order valence-corrected chi connectivity index (χ2v) is 5.47. The molecule has 0 saturated heterocycles. The molecule has 0 aromatic carbocycles. The van der Waals surface area contributed by atoms with E-state index in [2.05, 4.69) is 24.5 Å². The molecule has 4 unspecified atom stereocenters. The van der Waals surface area contributed by atoms with Gasteiger partial charge in [0, 0.05) is 18.5 Å². The quantitative estimate of drug-likeness (QED) is 0.816. The molecule has 0 spiro atoms. The van der Waals surface area contributed by atoms with Crippen LogP contribution in [0.2, 0.25) is 0 Å². The van der Waals surface area contributed by atoms with Gasteiger partial charge in [-0.05, 0) is 38.1 Å². The molecule has 4 atom stereocenters. The van der Waals surface area contributed by atoms with Crippen molar-refractivity contribution in [1.82, 2.24) is 10.6 Å². The molecule has 0 heterocycles. The van der Waals surface area contributed by atoms with E-state index in [1.807, 2.05) is 14.0 Å². The minimum absolute atomic E-state index is 0. The Morgan fingerprint density at radius 1 is 1.35 bits per heavy atom. The zero-order valence-corrected chi connectivity index (χ0v) is 12.3. The Bertz CT molecular complexity index is 235. The van der Waals surface area contributed by atoms with Crippen LogP contribution in [0.5, 0.6) is 0 Å². The highest BCUT2D eigenvalue weighted by Crippen LogP contribution is 2.28. The van der Waals surface area contributed by atoms with E-state index in [0.29, 0.717) is 12.0 Å². The lowest BCUT2D eigenvalue weighted by Gasteiger charge is -2.33. The van der Waals surface area contributed by atoms with E-state index in [1.165, 1.54) is 12.8 Å². The molecule has 0 radical (unpaired) electrons. The number of amides is 1. The molecule has 0 aliphatic heterocycles. The van der Waals surface area contributed by atoms with Crippen molar-refractivity contribution in [3.8, 4) is 0 Å². The van der Waals surface area contributed by atoms with Gasteiger partial charge in [-0.3, -0.25) is 4.79 Å². The van der Waals surface area contributed by atoms with Gasteiger partial charge < -0.3 is 10.6 Å². The van der Waals surface area contributed by atoms with E-state index < -0.39 is 0 Å². The van der Waals surface area contributed by atoms with Crippen molar-refractivity contribution >= 4 is 18.3 Å². The van der Waals surface area contributed by atoms with Crippen molar-refractivity contribution in [1.29, 1.82) is 0 Å². The van der Waals surface area contributed by atoms with Gasteiger partial charge in [0.25, 0.3) is 0 Å². The molecule has 2 N–H and O–H groups in total. The van der Waals surface area contributed by atoms with Gasteiger partial charge in [-0.15, -0.1) is 12.4 Å². The summed E-state index contributed by atoms with van der Waals surface area (Å²) in [7, 11) is 1.88. The Morgan fingerprint density at radius 3 is 2.53 bits per heavy atom. The summed E-state index contributed by atoms with van der Waals surface area (Å²) in [5.74, 6) is 1.70. The third kappa shape index (κ3) is 5.26. The van der Waals surface area contributed by atoms with Crippen LogP contribution in [0.15, 0.2) is 0 Å². The van der Waals surface area contributed by atoms with Gasteiger partial charge >= 0.3 is 0 Å². The summed E-state index contributed by atoms with van der Waals surface area (Å²) in [5.41, 5.74) is 0. The van der Waals surface area contributed by atoms with Crippen LogP contribution >= 0.6 is 12.4 Å². The third-order valence-electron chi connectivity index (χ3n) is 3.72. The van der Waals surface area contributed by atoms with E-state index in [-0.39, 0.29) is 24.2 Å². The monoisotopic (exact) mass is 262 g/mol. The van der Waals surface area contributed by atoms with Crippen molar-refractivity contribution in [2.75, 3.05) is 13.6 Å². The maximum Gasteiger partial charge on any atom is 0.224 e. The fraction of sp³-hybridized carbons (Fsp3) is 0.923. The molecule has 0 bridgehead atoms. The topological polar surface area (TPSA) is 41.1 Å². The van der Waals surface area contributed by atoms with Gasteiger partial charge in [0.1, 0.15) is 0 Å². The molecule has 1 fully saturated rings. The standard InChI is InChI=1S/C13H26N2O.ClH/c1-9-5-6-12(10(2)7-9)15-13(16)11(3)8-14-4;/h9-12,14H,5-8H2,1-4H3,(H,15,16);1H. The highest BCUT2D eigenvalue weighted by Gasteiger charge is 2.27. The Balaban J connectivity index is 0.00000256. The summed E-state index contributed by atoms with van der Waals surface area (Å²) in [6.45, 7) is 7.28. The Morgan fingerprint density at radius 2 is 2.00 bits per heavy atom. The second-order valence-electron chi connectivity index (χ2n) is 5.47. The molecule has 1 rings (SSSR count). The molecule has 17 heavy (non-hydrogen) atoms. The van der Waals surface area contributed by atoms with Crippen LogP contribution < -0.4 is 10.6 Å². The first-order valence-electron chi connectivity index (χ1n) is 6.49. The summed E-state index contributed by atoms with van der Waals surface area (Å²) in [6.07, 6.45) is 3.63. The van der Waals surface area contributed by atoms with Crippen LogP contribution in [0.4, 0.5) is 0 Å². The molecule has 1 amide bonds. The predicted octanol–water partition coefficient (Wildman–Crippen LogP) is 2.20. The smallest absolute Gasteiger partial charge is 0.224 e. The minimum Gasteiger partial charge on any atom is -0.353 e. The SMILES string of the molecule is CNCC(C)C(=O)NC1CCC(C)CC1C.Cl. The zero-order valence-electron chi connectivity index (χ0n) is 11.5. The summed E-state index contributed by atoms with van der Waals surface area (Å²) >= 11 is 0. The lowest BCUT2D eigenvalue weighted by Crippen LogP contribution is -2.45. The summed E-state index contributed by atoms with van der Waals surface area (Å²) in [4.78, 5) is 11.9. The minimum atomic E-state index is 0. The van der Waals surface area contributed by atoms with E-state index in [4.69, 9.17) is 0 Å². The van der Waals surface area contributed by atoms with Crippen molar-refractivity contribution in [3.05, 3.63) is 0 Å². The highest BCUT2D eigenvalue weighted by molar-refractivity contribution is 5.85. The van der Waals surface area contributed by atoms with Crippen LogP contribution in [0.3, 0.4) is 0 Å². The number of halogens is 1. The normalized spacial score (nSPS) is 30.2. The summed E-state index contributed by atoms with van der Waals surface area (Å²) in [6, 6.07) is 0.392. The second kappa shape index (κ2) is 7.93. The average molecular weight is 263 g/mol. The van der Waals surface area contributed by atoms with E-state index in [0.717, 1.165) is 18.9 Å². The third-order valence-corrected chi connectivity index (χ3v) is 3.72. The van der Waals surface area contributed by atoms with Crippen LogP contribution in [0, 0.1) is 17.8 Å². The fourth-order valence-electron chi connectivity index (χ4n) is 2.60. The lowest BCUT2D eigenvalue weighted by molar-refractivity contribution is -0.125. The van der Waals surface area contributed by atoms with Crippen LogP contribution in [-0.2, 0) is 4.79 Å². The predicted molar refractivity (Wildman–Crippen MR) is 74.4 cm³/mol. The Hall–Kier alpha value is -0.280. The van der Waals surface area contributed by atoms with Gasteiger partial charge in [0.05, 0.1) is 0 Å². The Kier molecular flexibility index (Phi) is 7.80. The van der Waals surface area contributed by atoms with Gasteiger partial charge in [-0.2, -0.15) is 0 Å². The first-order chi connectivity index (χ1) is 7.54. The molecule has 1 aliphatic carbocycles. The molecule has 4 heteroatoms. The molecule has 0 aromatic rings. The molecule has 102 valence electrons. The van der Waals surface area contributed by atoms with Crippen LogP contribution in [-0.4, -0.2) is 25.5 Å². The van der Waals surface area contributed by atoms with Crippen molar-refractivity contribution < 1.29 is 4.79 Å². The molecule has 0 aromatic heterocycles. The molecular weight excluding hydrogens is 236 g/mol. The largest absolute Gasteiger partial charge is 0.353 e. The first-order valence-corrected chi connectivity index (χ1v) is 6.49. The molecule has 3 nitrogen and oxygen atoms in total. The van der Waals surface area contributed by atoms with Gasteiger partial charge in [-0.25, -0.2) is 0 Å². The van der Waals surface area contributed by atoms with Crippen molar-refractivity contribution in [3.63, 3.8) is 0 Å². The first kappa shape index (κ1) is 16.7. The van der Waals surface area contributed by atoms with Crippen LogP contribution in [0.1, 0.15) is 40.0 Å². The van der Waals surface area contributed by atoms with E-state index in [1.54, 1.807) is 0 Å². The summed E-state index contributed by atoms with van der Waals surface area (Å²) in [5, 5.41) is 6.24. The number of carbonyl (C=O) groups is 1. The van der Waals surface area contributed by atoms with E-state index in [9.17, 15) is 4.79 Å². The molecule has 1 aliphatic rings. The highest BCUT2D eigenvalue weighted by atomic mass is 35.5. The average Bonchev–Trinajstić information content (AvgIpc) is 2.22. The number of hydrogen-bond acceptors (Lipinski definition) is 2.